The van der Waals surface area contributed by atoms with E-state index in [1.165, 1.54) is 64.6 Å². The van der Waals surface area contributed by atoms with Gasteiger partial charge in [-0.05, 0) is 73.9 Å². The van der Waals surface area contributed by atoms with Crippen LogP contribution in [0.3, 0.4) is 0 Å². The Morgan fingerprint density at radius 2 is 1.00 bits per heavy atom. The van der Waals surface area contributed by atoms with Crippen LogP contribution >= 0.6 is 46.2 Å². The van der Waals surface area contributed by atoms with Crippen LogP contribution in [-0.4, -0.2) is 0 Å². The number of thiophene rings is 2. The summed E-state index contributed by atoms with van der Waals surface area (Å²) in [6, 6.07) is 9.29. The Morgan fingerprint density at radius 3 is 1.33 bits per heavy atom. The Balaban J connectivity index is 0.000000861. The lowest BCUT2D eigenvalue weighted by Crippen LogP contribution is -2.01. The quantitative estimate of drug-likeness (QED) is 0.313. The molecule has 2 aliphatic rings. The van der Waals surface area contributed by atoms with E-state index in [0.29, 0.717) is 22.6 Å². The van der Waals surface area contributed by atoms with Gasteiger partial charge in [0.2, 0.25) is 0 Å². The van der Waals surface area contributed by atoms with Gasteiger partial charge in [-0.15, -0.1) is 22.7 Å². The second-order valence-corrected chi connectivity index (χ2v) is 14.4. The number of thioether (sulfide) groups is 2. The Labute approximate surface area is 236 Å². The first-order chi connectivity index (χ1) is 17.3. The molecule has 2 aliphatic heterocycles. The van der Waals surface area contributed by atoms with Crippen LogP contribution in [0.25, 0.3) is 0 Å². The summed E-state index contributed by atoms with van der Waals surface area (Å²) in [4.78, 5) is 8.72. The largest absolute Gasteiger partial charge is 0.367 e. The van der Waals surface area contributed by atoms with E-state index >= 15 is 0 Å². The van der Waals surface area contributed by atoms with Gasteiger partial charge in [0.15, 0.2) is 0 Å². The lowest BCUT2D eigenvalue weighted by molar-refractivity contribution is 0.654. The normalized spacial score (nSPS) is 17.6. The van der Waals surface area contributed by atoms with Gasteiger partial charge in [0.25, 0.3) is 0 Å². The third kappa shape index (κ3) is 6.31. The van der Waals surface area contributed by atoms with E-state index in [2.05, 4.69) is 76.4 Å². The van der Waals surface area contributed by atoms with Crippen LogP contribution in [0, 0.1) is 25.7 Å². The summed E-state index contributed by atoms with van der Waals surface area (Å²) in [6.45, 7) is 21.8. The van der Waals surface area contributed by atoms with Crippen molar-refractivity contribution in [3.63, 3.8) is 0 Å². The molecule has 2 unspecified atom stereocenters. The molecule has 0 spiro atoms. The van der Waals surface area contributed by atoms with Gasteiger partial charge in [-0.1, -0.05) is 78.9 Å². The van der Waals surface area contributed by atoms with Crippen molar-refractivity contribution < 1.29 is 0 Å². The molecule has 0 bridgehead atoms. The molecule has 36 heavy (non-hydrogen) atoms. The fraction of sp³-hybridized carbons (Fsp3) is 0.533. The van der Waals surface area contributed by atoms with Crippen molar-refractivity contribution in [2.24, 2.45) is 11.8 Å². The molecular formula is C30H44N2S4. The molecule has 0 fully saturated rings. The number of hydrogen-bond donors (Lipinski definition) is 2. The van der Waals surface area contributed by atoms with Crippen molar-refractivity contribution in [1.29, 1.82) is 0 Å². The molecule has 4 heterocycles. The lowest BCUT2D eigenvalue weighted by Gasteiger charge is -2.13. The number of nitrogens with one attached hydrogen (secondary N) is 2. The Kier molecular flexibility index (Phi) is 10.7. The van der Waals surface area contributed by atoms with Crippen molar-refractivity contribution in [2.45, 2.75) is 103 Å². The van der Waals surface area contributed by atoms with E-state index in [0.717, 1.165) is 0 Å². The second-order valence-electron chi connectivity index (χ2n) is 9.75. The van der Waals surface area contributed by atoms with Gasteiger partial charge in [-0.2, -0.15) is 0 Å². The molecule has 0 aliphatic carbocycles. The highest BCUT2D eigenvalue weighted by Gasteiger charge is 2.35. The van der Waals surface area contributed by atoms with Crippen molar-refractivity contribution in [3.8, 4) is 0 Å². The zero-order valence-corrected chi connectivity index (χ0v) is 26.9. The Hall–Kier alpha value is -1.08. The van der Waals surface area contributed by atoms with Gasteiger partial charge in [0.1, 0.15) is 10.7 Å². The maximum absolute atomic E-state index is 3.87. The van der Waals surface area contributed by atoms with Crippen LogP contribution in [0.15, 0.2) is 34.1 Å². The summed E-state index contributed by atoms with van der Waals surface area (Å²) in [7, 11) is 0. The molecule has 3 aromatic rings. The van der Waals surface area contributed by atoms with Gasteiger partial charge in [0, 0.05) is 29.3 Å². The minimum absolute atomic E-state index is 0.326. The van der Waals surface area contributed by atoms with Crippen LogP contribution in [-0.2, 0) is 12.8 Å². The number of hydrogen-bond acceptors (Lipinski definition) is 6. The van der Waals surface area contributed by atoms with Crippen LogP contribution < -0.4 is 10.6 Å². The van der Waals surface area contributed by atoms with E-state index in [1.54, 1.807) is 0 Å². The van der Waals surface area contributed by atoms with E-state index in [1.807, 2.05) is 73.9 Å². The molecule has 198 valence electrons. The SMILES string of the molecule is CC.CC.Cc1c2c(c(C)c3c1SC(c1ccc(CC(C)C)s1)N3)SC(c1ccc(CC(C)C)s1)N2. The average molecular weight is 561 g/mol. The first-order valence-corrected chi connectivity index (χ1v) is 16.9. The fourth-order valence-electron chi connectivity index (χ4n) is 4.50. The third-order valence-corrected chi connectivity index (χ3v) is 11.4. The minimum Gasteiger partial charge on any atom is -0.367 e. The van der Waals surface area contributed by atoms with Crippen LogP contribution in [0.4, 0.5) is 11.4 Å². The van der Waals surface area contributed by atoms with Gasteiger partial charge in [-0.25, -0.2) is 0 Å². The van der Waals surface area contributed by atoms with E-state index in [4.69, 9.17) is 0 Å². The van der Waals surface area contributed by atoms with E-state index in [-0.39, 0.29) is 0 Å². The highest BCUT2D eigenvalue weighted by molar-refractivity contribution is 8.01. The molecule has 0 radical (unpaired) electrons. The summed E-state index contributed by atoms with van der Waals surface area (Å²) < 4.78 is 0. The summed E-state index contributed by atoms with van der Waals surface area (Å²) in [5, 5.41) is 8.40. The second kappa shape index (κ2) is 13.1. The first-order valence-electron chi connectivity index (χ1n) is 13.5. The van der Waals surface area contributed by atoms with Gasteiger partial charge >= 0.3 is 0 Å². The first kappa shape index (κ1) is 29.5. The number of rotatable bonds is 6. The van der Waals surface area contributed by atoms with Crippen LogP contribution in [0.5, 0.6) is 0 Å². The molecule has 0 amide bonds. The maximum Gasteiger partial charge on any atom is 0.112 e. The Bertz CT molecular complexity index is 1020. The Morgan fingerprint density at radius 1 is 0.639 bits per heavy atom. The predicted molar refractivity (Wildman–Crippen MR) is 169 cm³/mol. The summed E-state index contributed by atoms with van der Waals surface area (Å²) in [5.41, 5.74) is 5.48. The molecule has 2 aromatic heterocycles. The van der Waals surface area contributed by atoms with Crippen molar-refractivity contribution in [1.82, 2.24) is 0 Å². The zero-order valence-electron chi connectivity index (χ0n) is 23.7. The molecular weight excluding hydrogens is 517 g/mol. The average Bonchev–Trinajstić information content (AvgIpc) is 3.64. The standard InChI is InChI=1S/C26H32N2S4.2C2H6/c1-13(2)11-17-7-9-19(29-17)25-27-21-15(5)24-22(16(6)23(21)31-25)28-26(32-24)20-10-8-18(30-20)12-14(3)4;2*1-2/h7-10,13-14,25-28H,11-12H2,1-6H3;2*1-2H3. The molecule has 0 saturated heterocycles. The molecule has 5 rings (SSSR count). The topological polar surface area (TPSA) is 24.1 Å². The smallest absolute Gasteiger partial charge is 0.112 e. The van der Waals surface area contributed by atoms with Crippen LogP contribution in [0.1, 0.15) is 96.8 Å². The van der Waals surface area contributed by atoms with E-state index in [9.17, 15) is 0 Å². The minimum atomic E-state index is 0.326. The van der Waals surface area contributed by atoms with Gasteiger partial charge in [0.05, 0.1) is 11.4 Å². The number of fused-ring (bicyclic) bond motifs is 2. The fourth-order valence-corrected chi connectivity index (χ4v) is 9.82. The van der Waals surface area contributed by atoms with Gasteiger partial charge < -0.3 is 10.6 Å². The van der Waals surface area contributed by atoms with Crippen molar-refractivity contribution >= 4 is 57.6 Å². The molecule has 2 atom stereocenters. The highest BCUT2D eigenvalue weighted by atomic mass is 32.2. The van der Waals surface area contributed by atoms with Gasteiger partial charge in [-0.3, -0.25) is 0 Å². The molecule has 0 saturated carbocycles. The number of anilines is 2. The van der Waals surface area contributed by atoms with Crippen LogP contribution in [0.2, 0.25) is 0 Å². The maximum atomic E-state index is 3.87. The van der Waals surface area contributed by atoms with Crippen molar-refractivity contribution in [3.05, 3.63) is 54.9 Å². The molecule has 2 nitrogen and oxygen atoms in total. The summed E-state index contributed by atoms with van der Waals surface area (Å²) in [5.74, 6) is 1.41. The van der Waals surface area contributed by atoms with E-state index < -0.39 is 0 Å². The molecule has 6 heteroatoms. The number of benzene rings is 1. The molecule has 1 aromatic carbocycles. The predicted octanol–water partition coefficient (Wildman–Crippen LogP) is 11.3. The molecule has 2 N–H and O–H groups in total. The summed E-state index contributed by atoms with van der Waals surface area (Å²) in [6.07, 6.45) is 2.34. The monoisotopic (exact) mass is 560 g/mol. The van der Waals surface area contributed by atoms with Crippen molar-refractivity contribution in [2.75, 3.05) is 10.6 Å². The summed E-state index contributed by atoms with van der Waals surface area (Å²) >= 11 is 7.92. The third-order valence-electron chi connectivity index (χ3n) is 6.01. The lowest BCUT2D eigenvalue weighted by atomic mass is 10.1. The highest BCUT2D eigenvalue weighted by Crippen LogP contribution is 2.59. The zero-order chi connectivity index (χ0) is 26.6.